The third-order valence-electron chi connectivity index (χ3n) is 3.38. The van der Waals surface area contributed by atoms with Gasteiger partial charge in [0.2, 0.25) is 0 Å². The predicted molar refractivity (Wildman–Crippen MR) is 65.5 cm³/mol. The third-order valence-corrected chi connectivity index (χ3v) is 4.57. The van der Waals surface area contributed by atoms with Crippen LogP contribution in [0.1, 0.15) is 26.7 Å². The standard InChI is InChI=1S/C11H20N2OS/c1-7-6-15-11(12-8(7)2)13-9-4-10(5-9)14-3/h7-10H,4-6H2,1-3H3,(H,12,13). The molecule has 0 spiro atoms. The van der Waals surface area contributed by atoms with Crippen LogP contribution in [0.4, 0.5) is 0 Å². The first-order chi connectivity index (χ1) is 7.19. The van der Waals surface area contributed by atoms with E-state index >= 15 is 0 Å². The van der Waals surface area contributed by atoms with Gasteiger partial charge in [-0.2, -0.15) is 0 Å². The van der Waals surface area contributed by atoms with Gasteiger partial charge in [0.25, 0.3) is 0 Å². The number of aliphatic imine (C=N–C) groups is 1. The zero-order valence-electron chi connectivity index (χ0n) is 9.69. The number of hydrogen-bond donors (Lipinski definition) is 1. The summed E-state index contributed by atoms with van der Waals surface area (Å²) in [6, 6.07) is 1.05. The lowest BCUT2D eigenvalue weighted by Crippen LogP contribution is -2.47. The summed E-state index contributed by atoms with van der Waals surface area (Å²) >= 11 is 1.86. The molecular formula is C11H20N2OS. The smallest absolute Gasteiger partial charge is 0.157 e. The zero-order chi connectivity index (χ0) is 10.8. The van der Waals surface area contributed by atoms with Crippen molar-refractivity contribution in [2.24, 2.45) is 10.9 Å². The molecule has 2 unspecified atom stereocenters. The molecule has 3 nitrogen and oxygen atoms in total. The van der Waals surface area contributed by atoms with Crippen LogP contribution in [-0.4, -0.2) is 36.2 Å². The van der Waals surface area contributed by atoms with E-state index < -0.39 is 0 Å². The Labute approximate surface area is 96.1 Å². The second-order valence-corrected chi connectivity index (χ2v) is 5.64. The van der Waals surface area contributed by atoms with Gasteiger partial charge in [0.1, 0.15) is 0 Å². The van der Waals surface area contributed by atoms with Gasteiger partial charge in [0.15, 0.2) is 5.17 Å². The van der Waals surface area contributed by atoms with E-state index in [0.717, 1.165) is 18.0 Å². The Morgan fingerprint density at radius 2 is 2.13 bits per heavy atom. The molecule has 2 rings (SSSR count). The fourth-order valence-corrected chi connectivity index (χ4v) is 3.02. The van der Waals surface area contributed by atoms with E-state index in [0.29, 0.717) is 24.1 Å². The van der Waals surface area contributed by atoms with Crippen molar-refractivity contribution < 1.29 is 4.74 Å². The Morgan fingerprint density at radius 1 is 1.40 bits per heavy atom. The fraction of sp³-hybridized carbons (Fsp3) is 0.909. The van der Waals surface area contributed by atoms with E-state index in [1.54, 1.807) is 7.11 Å². The normalized spacial score (nSPS) is 40.6. The molecule has 1 N–H and O–H groups in total. The molecule has 1 fully saturated rings. The highest BCUT2D eigenvalue weighted by atomic mass is 32.2. The van der Waals surface area contributed by atoms with Crippen molar-refractivity contribution in [2.45, 2.75) is 44.9 Å². The van der Waals surface area contributed by atoms with Crippen molar-refractivity contribution in [1.29, 1.82) is 0 Å². The number of ether oxygens (including phenoxy) is 1. The molecule has 0 aromatic rings. The maximum atomic E-state index is 5.26. The van der Waals surface area contributed by atoms with E-state index in [2.05, 4.69) is 24.2 Å². The number of amidine groups is 1. The summed E-state index contributed by atoms with van der Waals surface area (Å²) in [7, 11) is 1.79. The van der Waals surface area contributed by atoms with Gasteiger partial charge < -0.3 is 10.1 Å². The minimum atomic E-state index is 0.465. The summed E-state index contributed by atoms with van der Waals surface area (Å²) in [5.41, 5.74) is 0. The molecule has 0 aromatic carbocycles. The summed E-state index contributed by atoms with van der Waals surface area (Å²) < 4.78 is 5.26. The van der Waals surface area contributed by atoms with Crippen LogP contribution < -0.4 is 5.32 Å². The second kappa shape index (κ2) is 4.74. The van der Waals surface area contributed by atoms with E-state index in [1.165, 1.54) is 5.75 Å². The summed E-state index contributed by atoms with van der Waals surface area (Å²) in [6.07, 6.45) is 2.72. The Kier molecular flexibility index (Phi) is 3.57. The van der Waals surface area contributed by atoms with Crippen LogP contribution in [0.25, 0.3) is 0 Å². The predicted octanol–water partition coefficient (Wildman–Crippen LogP) is 1.88. The lowest BCUT2D eigenvalue weighted by Gasteiger charge is -2.36. The molecule has 1 aliphatic carbocycles. The largest absolute Gasteiger partial charge is 0.381 e. The lowest BCUT2D eigenvalue weighted by atomic mass is 9.89. The summed E-state index contributed by atoms with van der Waals surface area (Å²) in [6.45, 7) is 4.47. The van der Waals surface area contributed by atoms with Crippen molar-refractivity contribution >= 4 is 16.9 Å². The third kappa shape index (κ3) is 2.67. The molecule has 0 radical (unpaired) electrons. The van der Waals surface area contributed by atoms with Crippen LogP contribution in [-0.2, 0) is 4.74 Å². The van der Waals surface area contributed by atoms with Crippen molar-refractivity contribution in [3.05, 3.63) is 0 Å². The van der Waals surface area contributed by atoms with E-state index in [-0.39, 0.29) is 0 Å². The van der Waals surface area contributed by atoms with Gasteiger partial charge in [-0.05, 0) is 25.7 Å². The quantitative estimate of drug-likeness (QED) is 0.783. The van der Waals surface area contributed by atoms with Crippen molar-refractivity contribution in [3.63, 3.8) is 0 Å². The summed E-state index contributed by atoms with van der Waals surface area (Å²) in [5, 5.41) is 4.64. The van der Waals surface area contributed by atoms with Crippen LogP contribution in [0.5, 0.6) is 0 Å². The number of methoxy groups -OCH3 is 1. The Morgan fingerprint density at radius 3 is 2.73 bits per heavy atom. The molecule has 0 amide bonds. The van der Waals surface area contributed by atoms with E-state index in [4.69, 9.17) is 4.74 Å². The molecule has 0 saturated heterocycles. The minimum absolute atomic E-state index is 0.465. The molecular weight excluding hydrogens is 208 g/mol. The van der Waals surface area contributed by atoms with Crippen molar-refractivity contribution in [2.75, 3.05) is 12.9 Å². The maximum absolute atomic E-state index is 5.26. The number of rotatable bonds is 2. The van der Waals surface area contributed by atoms with Crippen molar-refractivity contribution in [3.8, 4) is 0 Å². The van der Waals surface area contributed by atoms with Gasteiger partial charge in [-0.1, -0.05) is 18.7 Å². The first-order valence-electron chi connectivity index (χ1n) is 5.69. The van der Waals surface area contributed by atoms with Gasteiger partial charge in [-0.15, -0.1) is 0 Å². The lowest BCUT2D eigenvalue weighted by molar-refractivity contribution is 0.0228. The molecule has 2 atom stereocenters. The van der Waals surface area contributed by atoms with E-state index in [1.807, 2.05) is 11.8 Å². The summed E-state index contributed by atoms with van der Waals surface area (Å²) in [4.78, 5) is 4.66. The SMILES string of the molecule is COC1CC(NC2=NC(C)C(C)CS2)C1. The van der Waals surface area contributed by atoms with Crippen LogP contribution in [0.15, 0.2) is 4.99 Å². The molecule has 86 valence electrons. The highest BCUT2D eigenvalue weighted by Crippen LogP contribution is 2.26. The van der Waals surface area contributed by atoms with Gasteiger partial charge >= 0.3 is 0 Å². The average molecular weight is 228 g/mol. The van der Waals surface area contributed by atoms with Crippen LogP contribution >= 0.6 is 11.8 Å². The monoisotopic (exact) mass is 228 g/mol. The average Bonchev–Trinajstić information content (AvgIpc) is 2.16. The Balaban J connectivity index is 1.78. The maximum Gasteiger partial charge on any atom is 0.157 e. The second-order valence-electron chi connectivity index (χ2n) is 4.63. The van der Waals surface area contributed by atoms with Gasteiger partial charge in [-0.3, -0.25) is 4.99 Å². The van der Waals surface area contributed by atoms with Gasteiger partial charge in [-0.25, -0.2) is 0 Å². The molecule has 1 saturated carbocycles. The Bertz CT molecular complexity index is 251. The molecule has 1 aliphatic heterocycles. The topological polar surface area (TPSA) is 33.6 Å². The van der Waals surface area contributed by atoms with Gasteiger partial charge in [0, 0.05) is 18.9 Å². The molecule has 15 heavy (non-hydrogen) atoms. The molecule has 2 aliphatic rings. The molecule has 4 heteroatoms. The van der Waals surface area contributed by atoms with Crippen LogP contribution in [0, 0.1) is 5.92 Å². The van der Waals surface area contributed by atoms with Crippen LogP contribution in [0.3, 0.4) is 0 Å². The number of nitrogens with one attached hydrogen (secondary N) is 1. The molecule has 0 aromatic heterocycles. The Hall–Kier alpha value is -0.220. The highest BCUT2D eigenvalue weighted by Gasteiger charge is 2.30. The first-order valence-corrected chi connectivity index (χ1v) is 6.67. The first kappa shape index (κ1) is 11.3. The minimum Gasteiger partial charge on any atom is -0.381 e. The van der Waals surface area contributed by atoms with E-state index in [9.17, 15) is 0 Å². The zero-order valence-corrected chi connectivity index (χ0v) is 10.5. The molecule has 1 heterocycles. The highest BCUT2D eigenvalue weighted by molar-refractivity contribution is 8.13. The molecule has 0 bridgehead atoms. The number of hydrogen-bond acceptors (Lipinski definition) is 4. The van der Waals surface area contributed by atoms with Crippen LogP contribution in [0.2, 0.25) is 0 Å². The number of thioether (sulfide) groups is 1. The number of nitrogens with zero attached hydrogens (tertiary/aromatic N) is 1. The van der Waals surface area contributed by atoms with Crippen molar-refractivity contribution in [1.82, 2.24) is 5.32 Å². The van der Waals surface area contributed by atoms with Gasteiger partial charge in [0.05, 0.1) is 12.1 Å². The fourth-order valence-electron chi connectivity index (χ4n) is 1.83. The summed E-state index contributed by atoms with van der Waals surface area (Å²) in [5.74, 6) is 1.89.